The standard InChI is InChI=1S/C23H27N5O2/c1-2-24-23(28-18-20-8-6-7-13-25-20)27-17-19-11-12-22(26-16-19)30-15-14-29-21-9-4-3-5-10-21/h3-13,16H,2,14-15,17-18H2,1H3,(H2,24,27,28). The summed E-state index contributed by atoms with van der Waals surface area (Å²) in [5, 5.41) is 6.52. The Bertz CT molecular complexity index is 886. The molecule has 0 fully saturated rings. The molecule has 0 aliphatic heterocycles. The van der Waals surface area contributed by atoms with Crippen LogP contribution in [0.25, 0.3) is 0 Å². The monoisotopic (exact) mass is 405 g/mol. The minimum atomic E-state index is 0.432. The van der Waals surface area contributed by atoms with Gasteiger partial charge in [-0.25, -0.2) is 9.98 Å². The molecular formula is C23H27N5O2. The summed E-state index contributed by atoms with van der Waals surface area (Å²) in [4.78, 5) is 13.3. The Morgan fingerprint density at radius 3 is 2.47 bits per heavy atom. The molecule has 0 amide bonds. The fourth-order valence-electron chi connectivity index (χ4n) is 2.60. The predicted molar refractivity (Wildman–Crippen MR) is 118 cm³/mol. The van der Waals surface area contributed by atoms with Gasteiger partial charge in [0.05, 0.1) is 18.8 Å². The molecule has 3 aromatic rings. The van der Waals surface area contributed by atoms with Crippen LogP contribution in [0.5, 0.6) is 11.6 Å². The Balaban J connectivity index is 1.43. The van der Waals surface area contributed by atoms with Gasteiger partial charge in [-0.15, -0.1) is 0 Å². The van der Waals surface area contributed by atoms with Crippen molar-refractivity contribution in [2.24, 2.45) is 4.99 Å². The van der Waals surface area contributed by atoms with E-state index in [0.29, 0.717) is 32.2 Å². The smallest absolute Gasteiger partial charge is 0.213 e. The third-order valence-corrected chi connectivity index (χ3v) is 4.07. The van der Waals surface area contributed by atoms with Crippen LogP contribution >= 0.6 is 0 Å². The van der Waals surface area contributed by atoms with Gasteiger partial charge in [0, 0.05) is 25.0 Å². The van der Waals surface area contributed by atoms with Crippen molar-refractivity contribution in [2.75, 3.05) is 19.8 Å². The van der Waals surface area contributed by atoms with E-state index >= 15 is 0 Å². The second-order valence-electron chi connectivity index (χ2n) is 6.38. The summed E-state index contributed by atoms with van der Waals surface area (Å²) in [5.41, 5.74) is 1.96. The first-order chi connectivity index (χ1) is 14.8. The summed E-state index contributed by atoms with van der Waals surface area (Å²) in [5.74, 6) is 2.14. The van der Waals surface area contributed by atoms with E-state index in [0.717, 1.165) is 29.5 Å². The van der Waals surface area contributed by atoms with E-state index in [1.807, 2.05) is 67.6 Å². The van der Waals surface area contributed by atoms with Crippen molar-refractivity contribution in [1.29, 1.82) is 0 Å². The molecule has 0 atom stereocenters. The molecule has 3 rings (SSSR count). The van der Waals surface area contributed by atoms with Gasteiger partial charge in [-0.1, -0.05) is 30.3 Å². The van der Waals surface area contributed by atoms with Gasteiger partial charge in [-0.2, -0.15) is 0 Å². The molecule has 0 saturated carbocycles. The van der Waals surface area contributed by atoms with Crippen molar-refractivity contribution in [2.45, 2.75) is 20.0 Å². The molecule has 2 N–H and O–H groups in total. The lowest BCUT2D eigenvalue weighted by molar-refractivity contribution is 0.212. The highest BCUT2D eigenvalue weighted by atomic mass is 16.5. The normalized spacial score (nSPS) is 11.0. The van der Waals surface area contributed by atoms with E-state index in [1.165, 1.54) is 0 Å². The Hall–Kier alpha value is -3.61. The van der Waals surface area contributed by atoms with Crippen molar-refractivity contribution >= 4 is 5.96 Å². The predicted octanol–water partition coefficient (Wildman–Crippen LogP) is 3.19. The summed E-state index contributed by atoms with van der Waals surface area (Å²) in [6.45, 7) is 4.84. The number of para-hydroxylation sites is 1. The van der Waals surface area contributed by atoms with Crippen LogP contribution in [0.4, 0.5) is 0 Å². The largest absolute Gasteiger partial charge is 0.490 e. The van der Waals surface area contributed by atoms with E-state index in [4.69, 9.17) is 9.47 Å². The molecule has 0 bridgehead atoms. The van der Waals surface area contributed by atoms with Crippen LogP contribution in [0.15, 0.2) is 78.0 Å². The van der Waals surface area contributed by atoms with Gasteiger partial charge in [0.1, 0.15) is 19.0 Å². The summed E-state index contributed by atoms with van der Waals surface area (Å²) in [6.07, 6.45) is 3.56. The highest BCUT2D eigenvalue weighted by Crippen LogP contribution is 2.10. The van der Waals surface area contributed by atoms with Crippen LogP contribution < -0.4 is 20.1 Å². The van der Waals surface area contributed by atoms with E-state index < -0.39 is 0 Å². The second kappa shape index (κ2) is 12.1. The van der Waals surface area contributed by atoms with Crippen molar-refractivity contribution in [3.05, 3.63) is 84.3 Å². The van der Waals surface area contributed by atoms with Crippen LogP contribution in [0.2, 0.25) is 0 Å². The number of hydrogen-bond donors (Lipinski definition) is 2. The number of aromatic nitrogens is 2. The Kier molecular flexibility index (Phi) is 8.48. The van der Waals surface area contributed by atoms with Crippen LogP contribution in [-0.2, 0) is 13.1 Å². The summed E-state index contributed by atoms with van der Waals surface area (Å²) >= 11 is 0. The van der Waals surface area contributed by atoms with Gasteiger partial charge >= 0.3 is 0 Å². The van der Waals surface area contributed by atoms with Crippen molar-refractivity contribution in [3.8, 4) is 11.6 Å². The minimum absolute atomic E-state index is 0.432. The molecule has 156 valence electrons. The molecule has 2 heterocycles. The fourth-order valence-corrected chi connectivity index (χ4v) is 2.60. The van der Waals surface area contributed by atoms with Crippen LogP contribution in [0, 0.1) is 0 Å². The van der Waals surface area contributed by atoms with Gasteiger partial charge < -0.3 is 20.1 Å². The highest BCUT2D eigenvalue weighted by Gasteiger charge is 2.01. The lowest BCUT2D eigenvalue weighted by atomic mass is 10.3. The number of nitrogens with zero attached hydrogens (tertiary/aromatic N) is 3. The van der Waals surface area contributed by atoms with Crippen molar-refractivity contribution in [1.82, 2.24) is 20.6 Å². The highest BCUT2D eigenvalue weighted by molar-refractivity contribution is 5.79. The number of pyridine rings is 2. The number of hydrogen-bond acceptors (Lipinski definition) is 5. The third kappa shape index (κ3) is 7.43. The maximum absolute atomic E-state index is 5.63. The van der Waals surface area contributed by atoms with Gasteiger partial charge in [-0.05, 0) is 36.8 Å². The summed E-state index contributed by atoms with van der Waals surface area (Å²) in [7, 11) is 0. The number of rotatable bonds is 10. The Morgan fingerprint density at radius 1 is 0.900 bits per heavy atom. The fraction of sp³-hybridized carbons (Fsp3) is 0.261. The maximum atomic E-state index is 5.63. The molecule has 7 nitrogen and oxygen atoms in total. The Morgan fingerprint density at radius 2 is 1.73 bits per heavy atom. The molecule has 30 heavy (non-hydrogen) atoms. The number of benzene rings is 1. The molecule has 7 heteroatoms. The average molecular weight is 406 g/mol. The van der Waals surface area contributed by atoms with E-state index in [-0.39, 0.29) is 0 Å². The molecule has 1 aromatic carbocycles. The zero-order chi connectivity index (χ0) is 20.9. The molecular weight excluding hydrogens is 378 g/mol. The van der Waals surface area contributed by atoms with Crippen LogP contribution in [0.1, 0.15) is 18.2 Å². The zero-order valence-electron chi connectivity index (χ0n) is 17.1. The maximum Gasteiger partial charge on any atom is 0.213 e. The third-order valence-electron chi connectivity index (χ3n) is 4.07. The summed E-state index contributed by atoms with van der Waals surface area (Å²) < 4.78 is 11.2. The first kappa shape index (κ1) is 21.1. The quantitative estimate of drug-likeness (QED) is 0.306. The number of ether oxygens (including phenoxy) is 2. The molecule has 2 aromatic heterocycles. The molecule has 0 spiro atoms. The first-order valence-electron chi connectivity index (χ1n) is 10.0. The molecule has 0 unspecified atom stereocenters. The first-order valence-corrected chi connectivity index (χ1v) is 10.0. The molecule has 0 aliphatic carbocycles. The van der Waals surface area contributed by atoms with Crippen LogP contribution in [-0.4, -0.2) is 35.7 Å². The lowest BCUT2D eigenvalue weighted by Gasteiger charge is -2.11. The van der Waals surface area contributed by atoms with Crippen LogP contribution in [0.3, 0.4) is 0 Å². The topological polar surface area (TPSA) is 80.7 Å². The van der Waals surface area contributed by atoms with Gasteiger partial charge in [0.2, 0.25) is 5.88 Å². The van der Waals surface area contributed by atoms with Gasteiger partial charge in [-0.3, -0.25) is 4.98 Å². The van der Waals surface area contributed by atoms with E-state index in [2.05, 4.69) is 25.6 Å². The molecule has 0 aliphatic rings. The number of guanidine groups is 1. The molecule has 0 saturated heterocycles. The Labute approximate surface area is 177 Å². The number of nitrogens with one attached hydrogen (secondary N) is 2. The van der Waals surface area contributed by atoms with E-state index in [9.17, 15) is 0 Å². The minimum Gasteiger partial charge on any atom is -0.490 e. The van der Waals surface area contributed by atoms with Crippen molar-refractivity contribution < 1.29 is 9.47 Å². The van der Waals surface area contributed by atoms with Crippen molar-refractivity contribution in [3.63, 3.8) is 0 Å². The lowest BCUT2D eigenvalue weighted by Crippen LogP contribution is -2.37. The summed E-state index contributed by atoms with van der Waals surface area (Å²) in [6, 6.07) is 19.3. The zero-order valence-corrected chi connectivity index (χ0v) is 17.1. The van der Waals surface area contributed by atoms with Gasteiger partial charge in [0.25, 0.3) is 0 Å². The number of aliphatic imine (C=N–C) groups is 1. The average Bonchev–Trinajstić information content (AvgIpc) is 2.81. The van der Waals surface area contributed by atoms with E-state index in [1.54, 1.807) is 12.4 Å². The SMILES string of the molecule is CCNC(=NCc1ccc(OCCOc2ccccc2)nc1)NCc1ccccn1. The van der Waals surface area contributed by atoms with Gasteiger partial charge in [0.15, 0.2) is 5.96 Å². The second-order valence-corrected chi connectivity index (χ2v) is 6.38. The molecule has 0 radical (unpaired) electrons.